The molecule has 0 amide bonds. The maximum absolute atomic E-state index is 10.6. The van der Waals surface area contributed by atoms with Crippen molar-refractivity contribution >= 4 is 27.7 Å². The van der Waals surface area contributed by atoms with Crippen LogP contribution in [0.3, 0.4) is 0 Å². The summed E-state index contributed by atoms with van der Waals surface area (Å²) in [5.74, 6) is -1.77. The van der Waals surface area contributed by atoms with Crippen LogP contribution < -0.4 is 0 Å². The van der Waals surface area contributed by atoms with E-state index in [0.717, 1.165) is 0 Å². The van der Waals surface area contributed by atoms with Crippen molar-refractivity contribution in [2.75, 3.05) is 0 Å². The van der Waals surface area contributed by atoms with Gasteiger partial charge in [-0.25, -0.2) is 0 Å². The van der Waals surface area contributed by atoms with Crippen LogP contribution in [0.1, 0.15) is 13.8 Å². The number of Topliss-reactive ketones (excluding diaryl/α,β-unsaturated/α-hetero) is 1. The number of carbonyl (C=O) groups is 2. The van der Waals surface area contributed by atoms with Crippen LogP contribution in [0.5, 0.6) is 0 Å². The standard InChI is InChI=1S/C6H9BrO3/c1-3(6(9)10)5(7)4(2)8/h3,5H,1-2H3,(H,9,10). The first kappa shape index (κ1) is 9.62. The lowest BCUT2D eigenvalue weighted by Crippen LogP contribution is -2.25. The van der Waals surface area contributed by atoms with Crippen LogP contribution >= 0.6 is 15.9 Å². The number of carbonyl (C=O) groups excluding carboxylic acids is 1. The highest BCUT2D eigenvalue weighted by molar-refractivity contribution is 9.10. The van der Waals surface area contributed by atoms with E-state index in [2.05, 4.69) is 15.9 Å². The lowest BCUT2D eigenvalue weighted by atomic mass is 10.1. The predicted molar refractivity (Wildman–Crippen MR) is 40.2 cm³/mol. The highest BCUT2D eigenvalue weighted by Crippen LogP contribution is 2.13. The molecule has 0 aliphatic carbocycles. The topological polar surface area (TPSA) is 54.4 Å². The van der Waals surface area contributed by atoms with E-state index in [4.69, 9.17) is 5.11 Å². The summed E-state index contributed by atoms with van der Waals surface area (Å²) in [5, 5.41) is 8.42. The van der Waals surface area contributed by atoms with Crippen LogP contribution in [0, 0.1) is 5.92 Å². The van der Waals surface area contributed by atoms with E-state index in [0.29, 0.717) is 0 Å². The molecule has 10 heavy (non-hydrogen) atoms. The summed E-state index contributed by atoms with van der Waals surface area (Å²) in [6.45, 7) is 2.85. The Morgan fingerprint density at radius 3 is 2.00 bits per heavy atom. The van der Waals surface area contributed by atoms with Gasteiger partial charge in [-0.15, -0.1) is 0 Å². The molecule has 1 N–H and O–H groups in total. The van der Waals surface area contributed by atoms with Gasteiger partial charge in [-0.2, -0.15) is 0 Å². The van der Waals surface area contributed by atoms with E-state index in [9.17, 15) is 9.59 Å². The first-order chi connectivity index (χ1) is 4.46. The molecular formula is C6H9BrO3. The van der Waals surface area contributed by atoms with Crippen LogP contribution in [0.2, 0.25) is 0 Å². The summed E-state index contributed by atoms with van der Waals surface area (Å²) in [6.07, 6.45) is 0. The number of halogens is 1. The number of ketones is 1. The predicted octanol–water partition coefficient (Wildman–Crippen LogP) is 1.06. The monoisotopic (exact) mass is 208 g/mol. The van der Waals surface area contributed by atoms with Crippen molar-refractivity contribution in [1.82, 2.24) is 0 Å². The third-order valence-electron chi connectivity index (χ3n) is 1.22. The minimum Gasteiger partial charge on any atom is -0.481 e. The molecule has 58 valence electrons. The Balaban J connectivity index is 4.07. The molecule has 4 heteroatoms. The van der Waals surface area contributed by atoms with Crippen molar-refractivity contribution in [1.29, 1.82) is 0 Å². The normalized spacial score (nSPS) is 15.9. The number of hydrogen-bond acceptors (Lipinski definition) is 2. The summed E-state index contributed by atoms with van der Waals surface area (Å²) in [7, 11) is 0. The van der Waals surface area contributed by atoms with E-state index >= 15 is 0 Å². The van der Waals surface area contributed by atoms with Gasteiger partial charge in [-0.3, -0.25) is 9.59 Å². The van der Waals surface area contributed by atoms with Crippen LogP contribution in [-0.4, -0.2) is 21.7 Å². The molecule has 0 radical (unpaired) electrons. The zero-order valence-electron chi connectivity index (χ0n) is 5.80. The molecule has 0 saturated heterocycles. The molecule has 3 nitrogen and oxygen atoms in total. The zero-order valence-corrected chi connectivity index (χ0v) is 7.38. The van der Waals surface area contributed by atoms with Gasteiger partial charge in [0.05, 0.1) is 10.7 Å². The fourth-order valence-electron chi connectivity index (χ4n) is 0.477. The molecule has 0 rings (SSSR count). The number of carboxylic acid groups (broad SMARTS) is 1. The molecule has 0 aliphatic heterocycles. The fourth-order valence-corrected chi connectivity index (χ4v) is 0.703. The Labute approximate surface area is 67.5 Å². The maximum atomic E-state index is 10.6. The molecule has 0 bridgehead atoms. The third-order valence-corrected chi connectivity index (χ3v) is 2.65. The number of rotatable bonds is 3. The van der Waals surface area contributed by atoms with Crippen LogP contribution in [0.15, 0.2) is 0 Å². The van der Waals surface area contributed by atoms with Gasteiger partial charge in [0.15, 0.2) is 0 Å². The van der Waals surface area contributed by atoms with E-state index < -0.39 is 16.7 Å². The summed E-state index contributed by atoms with van der Waals surface area (Å²) in [6, 6.07) is 0. The first-order valence-electron chi connectivity index (χ1n) is 2.84. The Bertz CT molecular complexity index is 137. The minimum absolute atomic E-state index is 0.157. The Morgan fingerprint density at radius 1 is 1.50 bits per heavy atom. The van der Waals surface area contributed by atoms with Gasteiger partial charge in [0, 0.05) is 0 Å². The highest BCUT2D eigenvalue weighted by atomic mass is 79.9. The minimum atomic E-state index is -0.961. The van der Waals surface area contributed by atoms with Gasteiger partial charge in [-0.05, 0) is 6.92 Å². The third kappa shape index (κ3) is 2.47. The molecule has 0 aromatic heterocycles. The van der Waals surface area contributed by atoms with Crippen molar-refractivity contribution in [3.8, 4) is 0 Å². The fraction of sp³-hybridized carbons (Fsp3) is 0.667. The number of alkyl halides is 1. The van der Waals surface area contributed by atoms with Gasteiger partial charge in [0.25, 0.3) is 0 Å². The Hall–Kier alpha value is -0.380. The molecule has 0 aliphatic rings. The molecule has 2 atom stereocenters. The lowest BCUT2D eigenvalue weighted by Gasteiger charge is -2.09. The molecule has 0 heterocycles. The molecule has 0 aromatic rings. The highest BCUT2D eigenvalue weighted by Gasteiger charge is 2.24. The molecule has 0 saturated carbocycles. The average molecular weight is 209 g/mol. The summed E-state index contributed by atoms with van der Waals surface area (Å²) >= 11 is 2.98. The maximum Gasteiger partial charge on any atom is 0.307 e. The van der Waals surface area contributed by atoms with Gasteiger partial charge >= 0.3 is 5.97 Å². The molecular weight excluding hydrogens is 200 g/mol. The second kappa shape index (κ2) is 3.71. The SMILES string of the molecule is CC(=O)C(Br)C(C)C(=O)O. The summed E-state index contributed by atoms with van der Waals surface area (Å²) < 4.78 is 0. The van der Waals surface area contributed by atoms with Crippen molar-refractivity contribution in [2.45, 2.75) is 18.7 Å². The quantitative estimate of drug-likeness (QED) is 0.707. The molecule has 0 aromatic carbocycles. The number of aliphatic carboxylic acids is 1. The molecule has 2 unspecified atom stereocenters. The van der Waals surface area contributed by atoms with E-state index in [1.807, 2.05) is 0 Å². The van der Waals surface area contributed by atoms with Crippen molar-refractivity contribution < 1.29 is 14.7 Å². The second-order valence-electron chi connectivity index (χ2n) is 2.14. The van der Waals surface area contributed by atoms with Crippen molar-refractivity contribution in [3.05, 3.63) is 0 Å². The van der Waals surface area contributed by atoms with E-state index in [-0.39, 0.29) is 5.78 Å². The second-order valence-corrected chi connectivity index (χ2v) is 3.13. The smallest absolute Gasteiger partial charge is 0.307 e. The Morgan fingerprint density at radius 2 is 1.90 bits per heavy atom. The molecule has 0 spiro atoms. The van der Waals surface area contributed by atoms with E-state index in [1.165, 1.54) is 13.8 Å². The summed E-state index contributed by atoms with van der Waals surface area (Å²) in [4.78, 5) is 20.3. The Kier molecular flexibility index (Phi) is 3.57. The number of carboxylic acids is 1. The zero-order chi connectivity index (χ0) is 8.31. The van der Waals surface area contributed by atoms with Gasteiger partial charge in [-0.1, -0.05) is 22.9 Å². The van der Waals surface area contributed by atoms with Crippen molar-refractivity contribution in [3.63, 3.8) is 0 Å². The first-order valence-corrected chi connectivity index (χ1v) is 3.75. The van der Waals surface area contributed by atoms with Crippen LogP contribution in [-0.2, 0) is 9.59 Å². The van der Waals surface area contributed by atoms with Gasteiger partial charge in [0.1, 0.15) is 5.78 Å². The average Bonchev–Trinajstić information content (AvgIpc) is 1.84. The molecule has 0 fully saturated rings. The van der Waals surface area contributed by atoms with Crippen molar-refractivity contribution in [2.24, 2.45) is 5.92 Å². The van der Waals surface area contributed by atoms with Gasteiger partial charge < -0.3 is 5.11 Å². The number of hydrogen-bond donors (Lipinski definition) is 1. The van der Waals surface area contributed by atoms with Gasteiger partial charge in [0.2, 0.25) is 0 Å². The van der Waals surface area contributed by atoms with Crippen LogP contribution in [0.25, 0.3) is 0 Å². The largest absolute Gasteiger partial charge is 0.481 e. The van der Waals surface area contributed by atoms with E-state index in [1.54, 1.807) is 0 Å². The summed E-state index contributed by atoms with van der Waals surface area (Å²) in [5.41, 5.74) is 0. The van der Waals surface area contributed by atoms with Crippen LogP contribution in [0.4, 0.5) is 0 Å². The lowest BCUT2D eigenvalue weighted by molar-refractivity contribution is -0.142.